The summed E-state index contributed by atoms with van der Waals surface area (Å²) in [5, 5.41) is 0. The summed E-state index contributed by atoms with van der Waals surface area (Å²) in [6.45, 7) is 0. The fourth-order valence-corrected chi connectivity index (χ4v) is 5.28. The molecule has 90 valence electrons. The van der Waals surface area contributed by atoms with Crippen molar-refractivity contribution in [2.24, 2.45) is 17.8 Å². The van der Waals surface area contributed by atoms with Gasteiger partial charge in [-0.25, -0.2) is 4.39 Å². The van der Waals surface area contributed by atoms with Gasteiger partial charge in [0.1, 0.15) is 5.82 Å². The van der Waals surface area contributed by atoms with E-state index in [1.165, 1.54) is 44.1 Å². The molecule has 0 aliphatic heterocycles. The molecule has 0 atom stereocenters. The quantitative estimate of drug-likeness (QED) is 0.675. The summed E-state index contributed by atoms with van der Waals surface area (Å²) in [5.74, 6) is 2.75. The largest absolute Gasteiger partial charge is 0.207 e. The van der Waals surface area contributed by atoms with Crippen LogP contribution in [-0.4, -0.2) is 0 Å². The number of rotatable bonds is 1. The van der Waals surface area contributed by atoms with E-state index in [1.54, 1.807) is 12.1 Å². The lowest BCUT2D eigenvalue weighted by molar-refractivity contribution is -0.00531. The first-order valence-electron chi connectivity index (χ1n) is 7.00. The lowest BCUT2D eigenvalue weighted by Gasteiger charge is -2.57. The molecule has 0 nitrogen and oxygen atoms in total. The topological polar surface area (TPSA) is 0 Å². The molecule has 4 aliphatic rings. The highest BCUT2D eigenvalue weighted by molar-refractivity contribution is 5.29. The molecule has 17 heavy (non-hydrogen) atoms. The van der Waals surface area contributed by atoms with Crippen LogP contribution in [0, 0.1) is 23.6 Å². The smallest absolute Gasteiger partial charge is 0.123 e. The Balaban J connectivity index is 1.77. The lowest BCUT2D eigenvalue weighted by Crippen LogP contribution is -2.48. The molecule has 1 heteroatoms. The van der Waals surface area contributed by atoms with Crippen molar-refractivity contribution in [3.8, 4) is 0 Å². The molecular weight excluding hydrogens is 211 g/mol. The summed E-state index contributed by atoms with van der Waals surface area (Å²) in [5.41, 5.74) is 1.63. The van der Waals surface area contributed by atoms with E-state index < -0.39 is 0 Å². The van der Waals surface area contributed by atoms with Crippen molar-refractivity contribution in [1.82, 2.24) is 0 Å². The molecule has 4 bridgehead atoms. The predicted octanol–water partition coefficient (Wildman–Crippen LogP) is 4.29. The Kier molecular flexibility index (Phi) is 1.98. The fraction of sp³-hybridized carbons (Fsp3) is 0.625. The molecule has 5 rings (SSSR count). The minimum absolute atomic E-state index is 0.0572. The van der Waals surface area contributed by atoms with Gasteiger partial charge < -0.3 is 0 Å². The van der Waals surface area contributed by atoms with Gasteiger partial charge in [0.15, 0.2) is 0 Å². The third-order valence-electron chi connectivity index (χ3n) is 5.48. The second-order valence-corrected chi connectivity index (χ2v) is 6.71. The zero-order valence-corrected chi connectivity index (χ0v) is 10.2. The van der Waals surface area contributed by atoms with Crippen molar-refractivity contribution in [2.45, 2.75) is 43.9 Å². The second-order valence-electron chi connectivity index (χ2n) is 6.71. The molecule has 1 aromatic carbocycles. The van der Waals surface area contributed by atoms with E-state index in [0.717, 1.165) is 17.8 Å². The number of hydrogen-bond acceptors (Lipinski definition) is 0. The Hall–Kier alpha value is -0.850. The van der Waals surface area contributed by atoms with Crippen LogP contribution in [0.1, 0.15) is 44.1 Å². The maximum absolute atomic E-state index is 13.5. The van der Waals surface area contributed by atoms with Crippen molar-refractivity contribution in [1.29, 1.82) is 0 Å². The van der Waals surface area contributed by atoms with Gasteiger partial charge in [-0.3, -0.25) is 0 Å². The van der Waals surface area contributed by atoms with E-state index in [4.69, 9.17) is 0 Å². The third-order valence-corrected chi connectivity index (χ3v) is 5.48. The van der Waals surface area contributed by atoms with Crippen LogP contribution in [0.2, 0.25) is 0 Å². The molecule has 0 saturated heterocycles. The minimum Gasteiger partial charge on any atom is -0.207 e. The zero-order chi connectivity index (χ0) is 11.5. The van der Waals surface area contributed by atoms with Crippen LogP contribution in [0.15, 0.2) is 24.3 Å². The van der Waals surface area contributed by atoms with Crippen LogP contribution in [0.4, 0.5) is 4.39 Å². The molecule has 0 radical (unpaired) electrons. The second kappa shape index (κ2) is 3.34. The Labute approximate surface area is 102 Å². The summed E-state index contributed by atoms with van der Waals surface area (Å²) in [6.07, 6.45) is 8.32. The summed E-state index contributed by atoms with van der Waals surface area (Å²) in [4.78, 5) is 0. The summed E-state index contributed by atoms with van der Waals surface area (Å²) < 4.78 is 13.5. The zero-order valence-electron chi connectivity index (χ0n) is 10.2. The van der Waals surface area contributed by atoms with Crippen molar-refractivity contribution in [3.05, 3.63) is 35.6 Å². The van der Waals surface area contributed by atoms with Crippen molar-refractivity contribution < 1.29 is 4.39 Å². The molecule has 4 saturated carbocycles. The summed E-state index contributed by atoms with van der Waals surface area (Å²) in [7, 11) is 0. The molecule has 1 aromatic rings. The predicted molar refractivity (Wildman–Crippen MR) is 66.3 cm³/mol. The first kappa shape index (κ1) is 10.1. The SMILES string of the molecule is Fc1cccc(C23CC4CC(CC(C4)C2)C3)c1. The molecular formula is C16H19F. The van der Waals surface area contributed by atoms with Gasteiger partial charge in [-0.15, -0.1) is 0 Å². The Morgan fingerprint density at radius 3 is 2.06 bits per heavy atom. The van der Waals surface area contributed by atoms with E-state index in [0.29, 0.717) is 5.41 Å². The molecule has 4 fully saturated rings. The maximum Gasteiger partial charge on any atom is 0.123 e. The summed E-state index contributed by atoms with van der Waals surface area (Å²) in [6, 6.07) is 7.43. The van der Waals surface area contributed by atoms with Crippen LogP contribution in [0.25, 0.3) is 0 Å². The van der Waals surface area contributed by atoms with Gasteiger partial charge in [0.25, 0.3) is 0 Å². The number of benzene rings is 1. The van der Waals surface area contributed by atoms with Gasteiger partial charge in [-0.05, 0) is 79.4 Å². The van der Waals surface area contributed by atoms with Crippen LogP contribution < -0.4 is 0 Å². The first-order chi connectivity index (χ1) is 8.23. The van der Waals surface area contributed by atoms with Crippen LogP contribution in [-0.2, 0) is 5.41 Å². The highest BCUT2D eigenvalue weighted by Gasteiger charge is 2.51. The first-order valence-corrected chi connectivity index (χ1v) is 7.00. The minimum atomic E-state index is -0.0572. The monoisotopic (exact) mass is 230 g/mol. The van der Waals surface area contributed by atoms with Gasteiger partial charge in [0.05, 0.1) is 0 Å². The van der Waals surface area contributed by atoms with E-state index in [2.05, 4.69) is 6.07 Å². The maximum atomic E-state index is 13.5. The van der Waals surface area contributed by atoms with Crippen LogP contribution >= 0.6 is 0 Å². The molecule has 0 spiro atoms. The normalized spacial score (nSPS) is 43.0. The third kappa shape index (κ3) is 1.47. The van der Waals surface area contributed by atoms with E-state index in [-0.39, 0.29) is 5.82 Å². The molecule has 0 N–H and O–H groups in total. The average Bonchev–Trinajstić information content (AvgIpc) is 2.27. The van der Waals surface area contributed by atoms with Gasteiger partial charge in [0.2, 0.25) is 0 Å². The summed E-state index contributed by atoms with van der Waals surface area (Å²) >= 11 is 0. The lowest BCUT2D eigenvalue weighted by atomic mass is 9.48. The van der Waals surface area contributed by atoms with Crippen molar-refractivity contribution in [3.63, 3.8) is 0 Å². The van der Waals surface area contributed by atoms with Gasteiger partial charge >= 0.3 is 0 Å². The van der Waals surface area contributed by atoms with Gasteiger partial charge in [-0.1, -0.05) is 12.1 Å². The Bertz CT molecular complexity index is 413. The van der Waals surface area contributed by atoms with Gasteiger partial charge in [-0.2, -0.15) is 0 Å². The Morgan fingerprint density at radius 1 is 0.941 bits per heavy atom. The van der Waals surface area contributed by atoms with Gasteiger partial charge in [0, 0.05) is 0 Å². The fourth-order valence-electron chi connectivity index (χ4n) is 5.28. The van der Waals surface area contributed by atoms with Crippen LogP contribution in [0.3, 0.4) is 0 Å². The highest BCUT2D eigenvalue weighted by atomic mass is 19.1. The van der Waals surface area contributed by atoms with Crippen molar-refractivity contribution in [2.75, 3.05) is 0 Å². The molecule has 0 aromatic heterocycles. The average molecular weight is 230 g/mol. The molecule has 0 amide bonds. The van der Waals surface area contributed by atoms with E-state index in [1.807, 2.05) is 6.07 Å². The molecule has 0 unspecified atom stereocenters. The van der Waals surface area contributed by atoms with Crippen LogP contribution in [0.5, 0.6) is 0 Å². The number of halogens is 1. The van der Waals surface area contributed by atoms with Crippen molar-refractivity contribution >= 4 is 0 Å². The van der Waals surface area contributed by atoms with E-state index >= 15 is 0 Å². The Morgan fingerprint density at radius 2 is 1.53 bits per heavy atom. The highest BCUT2D eigenvalue weighted by Crippen LogP contribution is 2.60. The molecule has 4 aliphatic carbocycles. The van der Waals surface area contributed by atoms with E-state index in [9.17, 15) is 4.39 Å². The number of hydrogen-bond donors (Lipinski definition) is 0. The molecule has 0 heterocycles. The standard InChI is InChI=1S/C16H19F/c17-15-3-1-2-14(7-15)16-8-11-4-12(9-16)6-13(5-11)10-16/h1-3,7,11-13H,4-6,8-10H2.